The first-order chi connectivity index (χ1) is 19.1. The summed E-state index contributed by atoms with van der Waals surface area (Å²) in [6.45, 7) is 8.44. The molecule has 0 radical (unpaired) electrons. The Morgan fingerprint density at radius 2 is 1.54 bits per heavy atom. The number of carbonyl (C=O) groups excluding carboxylic acids is 2. The number of carbonyl (C=O) groups is 2. The smallest absolute Gasteiger partial charge is 0.264 e. The molecule has 0 fully saturated rings. The number of hydrogen-bond acceptors (Lipinski definition) is 4. The van der Waals surface area contributed by atoms with Crippen molar-refractivity contribution in [1.82, 2.24) is 10.2 Å². The summed E-state index contributed by atoms with van der Waals surface area (Å²) in [6, 6.07) is 16.6. The Labute approximate surface area is 257 Å². The number of aryl methyl sites for hydroxylation is 1. The van der Waals surface area contributed by atoms with Crippen LogP contribution in [0.5, 0.6) is 0 Å². The van der Waals surface area contributed by atoms with E-state index in [2.05, 4.69) is 5.32 Å². The standard InChI is InChI=1S/C30H34Cl3N3O4S/c1-6-26(29(38)34-30(3,4)5)35(18-21-12-13-23(32)17-25(21)33)28(37)19-36(27-15-14-22(31)16-20(27)2)41(39,40)24-10-8-7-9-11-24/h7-17,26H,6,18-19H2,1-5H3,(H,34,38). The van der Waals surface area contributed by atoms with E-state index in [1.54, 1.807) is 68.4 Å². The molecule has 2 amide bonds. The van der Waals surface area contributed by atoms with Gasteiger partial charge in [-0.15, -0.1) is 0 Å². The molecule has 0 bridgehead atoms. The topological polar surface area (TPSA) is 86.8 Å². The minimum atomic E-state index is -4.19. The predicted octanol–water partition coefficient (Wildman–Crippen LogP) is 6.87. The van der Waals surface area contributed by atoms with Crippen LogP contribution in [0.15, 0.2) is 71.6 Å². The summed E-state index contributed by atoms with van der Waals surface area (Å²) in [5, 5.41) is 4.11. The second-order valence-corrected chi connectivity index (χ2v) is 13.8. The SMILES string of the molecule is CCC(C(=O)NC(C)(C)C)N(Cc1ccc(Cl)cc1Cl)C(=O)CN(c1ccc(Cl)cc1C)S(=O)(=O)c1ccccc1. The van der Waals surface area contributed by atoms with E-state index < -0.39 is 34.1 Å². The second kappa shape index (κ2) is 13.5. The highest BCUT2D eigenvalue weighted by atomic mass is 35.5. The van der Waals surface area contributed by atoms with Crippen LogP contribution in [-0.4, -0.2) is 43.3 Å². The molecule has 3 rings (SSSR count). The molecule has 41 heavy (non-hydrogen) atoms. The van der Waals surface area contributed by atoms with E-state index in [1.807, 2.05) is 20.8 Å². The van der Waals surface area contributed by atoms with Crippen molar-refractivity contribution < 1.29 is 18.0 Å². The van der Waals surface area contributed by atoms with E-state index in [-0.39, 0.29) is 23.8 Å². The first kappa shape index (κ1) is 32.7. The molecule has 7 nitrogen and oxygen atoms in total. The van der Waals surface area contributed by atoms with E-state index in [0.29, 0.717) is 31.9 Å². The van der Waals surface area contributed by atoms with Crippen molar-refractivity contribution in [3.63, 3.8) is 0 Å². The van der Waals surface area contributed by atoms with Crippen molar-refractivity contribution in [2.45, 2.75) is 64.1 Å². The summed E-state index contributed by atoms with van der Waals surface area (Å²) >= 11 is 18.7. The van der Waals surface area contributed by atoms with Gasteiger partial charge >= 0.3 is 0 Å². The molecule has 3 aromatic rings. The molecule has 0 aliphatic heterocycles. The van der Waals surface area contributed by atoms with Gasteiger partial charge in [0.05, 0.1) is 10.6 Å². The first-order valence-corrected chi connectivity index (χ1v) is 15.6. The van der Waals surface area contributed by atoms with Crippen LogP contribution >= 0.6 is 34.8 Å². The molecule has 0 saturated carbocycles. The number of sulfonamides is 1. The highest BCUT2D eigenvalue weighted by Crippen LogP contribution is 2.30. The summed E-state index contributed by atoms with van der Waals surface area (Å²) in [5.74, 6) is -0.945. The fourth-order valence-electron chi connectivity index (χ4n) is 4.34. The molecule has 3 aromatic carbocycles. The molecule has 0 aromatic heterocycles. The van der Waals surface area contributed by atoms with Gasteiger partial charge in [-0.3, -0.25) is 13.9 Å². The van der Waals surface area contributed by atoms with Gasteiger partial charge in [-0.2, -0.15) is 0 Å². The van der Waals surface area contributed by atoms with Crippen LogP contribution in [0.25, 0.3) is 0 Å². The molecule has 1 unspecified atom stereocenters. The van der Waals surface area contributed by atoms with Crippen LogP contribution in [-0.2, 0) is 26.2 Å². The molecular formula is C30H34Cl3N3O4S. The van der Waals surface area contributed by atoms with Crippen molar-refractivity contribution in [3.05, 3.63) is 92.9 Å². The number of amides is 2. The van der Waals surface area contributed by atoms with Crippen molar-refractivity contribution in [2.75, 3.05) is 10.8 Å². The Bertz CT molecular complexity index is 1510. The Kier molecular flexibility index (Phi) is 10.7. The Hall–Kier alpha value is -2.78. The molecule has 0 aliphatic rings. The maximum absolute atomic E-state index is 14.2. The maximum Gasteiger partial charge on any atom is 0.264 e. The van der Waals surface area contributed by atoms with Gasteiger partial charge in [0.2, 0.25) is 11.8 Å². The predicted molar refractivity (Wildman–Crippen MR) is 166 cm³/mol. The highest BCUT2D eigenvalue weighted by molar-refractivity contribution is 7.92. The lowest BCUT2D eigenvalue weighted by Gasteiger charge is -2.35. The lowest BCUT2D eigenvalue weighted by molar-refractivity contribution is -0.141. The molecular weight excluding hydrogens is 605 g/mol. The zero-order valence-electron chi connectivity index (χ0n) is 23.6. The lowest BCUT2D eigenvalue weighted by Crippen LogP contribution is -2.55. The number of benzene rings is 3. The van der Waals surface area contributed by atoms with Gasteiger partial charge in [0.25, 0.3) is 10.0 Å². The second-order valence-electron chi connectivity index (χ2n) is 10.7. The van der Waals surface area contributed by atoms with Crippen LogP contribution in [0, 0.1) is 6.92 Å². The minimum absolute atomic E-state index is 0.0203. The number of nitrogens with zero attached hydrogens (tertiary/aromatic N) is 2. The Morgan fingerprint density at radius 1 is 0.927 bits per heavy atom. The summed E-state index contributed by atoms with van der Waals surface area (Å²) in [5.41, 5.74) is 0.865. The Balaban J connectivity index is 2.12. The molecule has 11 heteroatoms. The van der Waals surface area contributed by atoms with Crippen molar-refractivity contribution in [1.29, 1.82) is 0 Å². The van der Waals surface area contributed by atoms with Gasteiger partial charge in [0.15, 0.2) is 0 Å². The van der Waals surface area contributed by atoms with Gasteiger partial charge in [-0.25, -0.2) is 8.42 Å². The normalized spacial score (nSPS) is 12.5. The van der Waals surface area contributed by atoms with Gasteiger partial charge in [0.1, 0.15) is 12.6 Å². The third-order valence-corrected chi connectivity index (χ3v) is 8.87. The quantitative estimate of drug-likeness (QED) is 0.263. The third kappa shape index (κ3) is 8.38. The average Bonchev–Trinajstić information content (AvgIpc) is 2.88. The largest absolute Gasteiger partial charge is 0.350 e. The molecule has 0 heterocycles. The average molecular weight is 639 g/mol. The molecule has 0 aliphatic carbocycles. The van der Waals surface area contributed by atoms with Gasteiger partial charge in [-0.1, -0.05) is 66.0 Å². The summed E-state index contributed by atoms with van der Waals surface area (Å²) in [6.07, 6.45) is 0.282. The van der Waals surface area contributed by atoms with E-state index in [9.17, 15) is 18.0 Å². The molecule has 1 N–H and O–H groups in total. The zero-order chi connectivity index (χ0) is 30.5. The molecule has 0 spiro atoms. The number of hydrogen-bond donors (Lipinski definition) is 1. The number of rotatable bonds is 10. The summed E-state index contributed by atoms with van der Waals surface area (Å²) in [4.78, 5) is 29.0. The number of halogens is 3. The zero-order valence-corrected chi connectivity index (χ0v) is 26.7. The molecule has 1 atom stereocenters. The summed E-state index contributed by atoms with van der Waals surface area (Å²) in [7, 11) is -4.19. The van der Waals surface area contributed by atoms with Gasteiger partial charge in [0, 0.05) is 27.2 Å². The van der Waals surface area contributed by atoms with Crippen LogP contribution in [0.3, 0.4) is 0 Å². The van der Waals surface area contributed by atoms with Crippen LogP contribution in [0.2, 0.25) is 15.1 Å². The number of anilines is 1. The first-order valence-electron chi connectivity index (χ1n) is 13.0. The maximum atomic E-state index is 14.2. The van der Waals surface area contributed by atoms with E-state index in [1.165, 1.54) is 17.0 Å². The monoisotopic (exact) mass is 637 g/mol. The lowest BCUT2D eigenvalue weighted by atomic mass is 10.1. The Morgan fingerprint density at radius 3 is 2.10 bits per heavy atom. The van der Waals surface area contributed by atoms with E-state index >= 15 is 0 Å². The highest BCUT2D eigenvalue weighted by Gasteiger charge is 2.35. The van der Waals surface area contributed by atoms with Crippen LogP contribution < -0.4 is 9.62 Å². The fraction of sp³-hybridized carbons (Fsp3) is 0.333. The number of nitrogens with one attached hydrogen (secondary N) is 1. The van der Waals surface area contributed by atoms with Gasteiger partial charge < -0.3 is 10.2 Å². The van der Waals surface area contributed by atoms with E-state index in [0.717, 1.165) is 4.31 Å². The van der Waals surface area contributed by atoms with Crippen LogP contribution in [0.4, 0.5) is 5.69 Å². The minimum Gasteiger partial charge on any atom is -0.350 e. The van der Waals surface area contributed by atoms with Gasteiger partial charge in [-0.05, 0) is 87.7 Å². The third-order valence-electron chi connectivity index (χ3n) is 6.28. The van der Waals surface area contributed by atoms with Crippen LogP contribution in [0.1, 0.15) is 45.2 Å². The van der Waals surface area contributed by atoms with E-state index in [4.69, 9.17) is 34.8 Å². The molecule has 220 valence electrons. The summed E-state index contributed by atoms with van der Waals surface area (Å²) < 4.78 is 28.9. The van der Waals surface area contributed by atoms with Crippen molar-refractivity contribution in [3.8, 4) is 0 Å². The fourth-order valence-corrected chi connectivity index (χ4v) is 6.53. The van der Waals surface area contributed by atoms with Crippen molar-refractivity contribution in [2.24, 2.45) is 0 Å². The molecule has 0 saturated heterocycles. The van der Waals surface area contributed by atoms with Crippen molar-refractivity contribution >= 4 is 62.3 Å².